The maximum Gasteiger partial charge on any atom is 0.240 e. The minimum Gasteiger partial charge on any atom is -0.334 e. The van der Waals surface area contributed by atoms with E-state index in [4.69, 9.17) is 0 Å². The Bertz CT molecular complexity index is 1270. The molecule has 1 aliphatic carbocycles. The predicted octanol–water partition coefficient (Wildman–Crippen LogP) is 4.60. The van der Waals surface area contributed by atoms with Gasteiger partial charge >= 0.3 is 0 Å². The molecular weight excluding hydrogens is 474 g/mol. The molecule has 3 aliphatic rings. The van der Waals surface area contributed by atoms with E-state index in [1.165, 1.54) is 0 Å². The number of nitrogens with zero attached hydrogens (tertiary/aromatic N) is 2. The molecule has 1 unspecified atom stereocenters. The maximum absolute atomic E-state index is 14.0. The summed E-state index contributed by atoms with van der Waals surface area (Å²) in [4.78, 5) is 30.9. The molecule has 1 saturated carbocycles. The Morgan fingerprint density at radius 2 is 1.72 bits per heavy atom. The van der Waals surface area contributed by atoms with Gasteiger partial charge in [0, 0.05) is 31.4 Å². The largest absolute Gasteiger partial charge is 0.334 e. The molecule has 0 radical (unpaired) electrons. The monoisotopic (exact) mass is 509 g/mol. The molecule has 1 N–H and O–H groups in total. The summed E-state index contributed by atoms with van der Waals surface area (Å²) in [6, 6.07) is 14.6. The topological polar surface area (TPSA) is 86.8 Å². The van der Waals surface area contributed by atoms with Gasteiger partial charge in [0.15, 0.2) is 0 Å². The first-order valence-corrected chi connectivity index (χ1v) is 14.5. The van der Waals surface area contributed by atoms with E-state index in [0.717, 1.165) is 30.5 Å². The van der Waals surface area contributed by atoms with Crippen LogP contribution in [-0.2, 0) is 25.0 Å². The van der Waals surface area contributed by atoms with Crippen molar-refractivity contribution in [3.05, 3.63) is 59.7 Å². The van der Waals surface area contributed by atoms with Crippen molar-refractivity contribution in [1.82, 2.24) is 4.90 Å². The Kier molecular flexibility index (Phi) is 6.35. The zero-order valence-corrected chi connectivity index (χ0v) is 22.1. The number of fused-ring (bicyclic) bond motifs is 2. The SMILES string of the molecule is CC(C)CN1C(=O)C[C@@]2(C(=O)N(C)c3ccc(NS(=O)(=O)C4CCCCC4)cc32)C1c1ccccc1. The van der Waals surface area contributed by atoms with Crippen LogP contribution in [0.5, 0.6) is 0 Å². The van der Waals surface area contributed by atoms with Gasteiger partial charge in [0.25, 0.3) is 0 Å². The fourth-order valence-electron chi connectivity index (χ4n) is 6.38. The van der Waals surface area contributed by atoms with Crippen LogP contribution in [0.25, 0.3) is 0 Å². The second-order valence-corrected chi connectivity index (χ2v) is 12.9. The maximum atomic E-state index is 14.0. The molecule has 2 aliphatic heterocycles. The summed E-state index contributed by atoms with van der Waals surface area (Å²) in [5, 5.41) is -0.399. The molecule has 192 valence electrons. The number of carbonyl (C=O) groups excluding carboxylic acids is 2. The molecule has 2 atom stereocenters. The molecule has 36 heavy (non-hydrogen) atoms. The number of amides is 2. The van der Waals surface area contributed by atoms with Crippen LogP contribution in [0.2, 0.25) is 0 Å². The van der Waals surface area contributed by atoms with Crippen molar-refractivity contribution in [2.45, 2.75) is 69.1 Å². The van der Waals surface area contributed by atoms with E-state index in [1.54, 1.807) is 30.1 Å². The van der Waals surface area contributed by atoms with Crippen molar-refractivity contribution < 1.29 is 18.0 Å². The van der Waals surface area contributed by atoms with E-state index >= 15 is 0 Å². The highest BCUT2D eigenvalue weighted by atomic mass is 32.2. The molecule has 8 heteroatoms. The average Bonchev–Trinajstić information content (AvgIpc) is 3.26. The summed E-state index contributed by atoms with van der Waals surface area (Å²) in [6.07, 6.45) is 4.31. The minimum atomic E-state index is -3.54. The predicted molar refractivity (Wildman–Crippen MR) is 141 cm³/mol. The molecule has 0 aromatic heterocycles. The summed E-state index contributed by atoms with van der Waals surface area (Å²) in [5.41, 5.74) is 1.69. The highest BCUT2D eigenvalue weighted by Gasteiger charge is 2.63. The van der Waals surface area contributed by atoms with Gasteiger partial charge in [0.1, 0.15) is 5.41 Å². The zero-order valence-electron chi connectivity index (χ0n) is 21.2. The van der Waals surface area contributed by atoms with Gasteiger partial charge in [-0.3, -0.25) is 14.3 Å². The summed E-state index contributed by atoms with van der Waals surface area (Å²) in [5.74, 6) is 0.0521. The minimum absolute atomic E-state index is 0.0552. The number of likely N-dealkylation sites (tertiary alicyclic amines) is 1. The molecule has 2 amide bonds. The number of sulfonamides is 1. The van der Waals surface area contributed by atoms with Gasteiger partial charge in [-0.1, -0.05) is 63.4 Å². The van der Waals surface area contributed by atoms with Crippen LogP contribution in [0.3, 0.4) is 0 Å². The van der Waals surface area contributed by atoms with Crippen molar-refractivity contribution in [3.8, 4) is 0 Å². The standard InChI is InChI=1S/C28H35N3O4S/c1-19(2)18-31-25(32)17-28(26(31)20-10-6-4-7-11-20)23-16-21(14-15-24(23)30(3)27(28)33)29-36(34,35)22-12-8-5-9-13-22/h4,6-7,10-11,14-16,19,22,26,29H,5,8-9,12-13,17-18H2,1-3H3/t26?,28-/m0/s1. The molecular formula is C28H35N3O4S. The second-order valence-electron chi connectivity index (χ2n) is 10.9. The third kappa shape index (κ3) is 3.99. The Morgan fingerprint density at radius 3 is 2.39 bits per heavy atom. The molecule has 1 saturated heterocycles. The lowest BCUT2D eigenvalue weighted by Crippen LogP contribution is -2.44. The quantitative estimate of drug-likeness (QED) is 0.616. The number of hydrogen-bond acceptors (Lipinski definition) is 4. The van der Waals surface area contributed by atoms with Gasteiger partial charge in [-0.05, 0) is 48.1 Å². The van der Waals surface area contributed by atoms with Gasteiger partial charge in [0.05, 0.1) is 11.3 Å². The van der Waals surface area contributed by atoms with Crippen LogP contribution in [0.4, 0.5) is 11.4 Å². The summed E-state index contributed by atoms with van der Waals surface area (Å²) < 4.78 is 29.1. The van der Waals surface area contributed by atoms with Crippen molar-refractivity contribution in [3.63, 3.8) is 0 Å². The molecule has 0 bridgehead atoms. The number of benzene rings is 2. The van der Waals surface area contributed by atoms with Crippen LogP contribution < -0.4 is 9.62 Å². The number of hydrogen-bond donors (Lipinski definition) is 1. The zero-order chi connectivity index (χ0) is 25.7. The first-order valence-electron chi connectivity index (χ1n) is 12.9. The summed E-state index contributed by atoms with van der Waals surface area (Å²) in [7, 11) is -1.81. The van der Waals surface area contributed by atoms with Crippen LogP contribution in [0.15, 0.2) is 48.5 Å². The second kappa shape index (κ2) is 9.21. The fourth-order valence-corrected chi connectivity index (χ4v) is 7.95. The smallest absolute Gasteiger partial charge is 0.240 e. The van der Waals surface area contributed by atoms with Crippen molar-refractivity contribution in [2.24, 2.45) is 5.92 Å². The molecule has 1 spiro atoms. The van der Waals surface area contributed by atoms with Crippen LogP contribution in [0, 0.1) is 5.92 Å². The normalized spacial score (nSPS) is 24.7. The Hall–Kier alpha value is -2.87. The van der Waals surface area contributed by atoms with Crippen LogP contribution >= 0.6 is 0 Å². The molecule has 2 aromatic carbocycles. The lowest BCUT2D eigenvalue weighted by atomic mass is 9.72. The molecule has 7 nitrogen and oxygen atoms in total. The molecule has 2 heterocycles. The molecule has 2 fully saturated rings. The van der Waals surface area contributed by atoms with Gasteiger partial charge in [-0.2, -0.15) is 0 Å². The van der Waals surface area contributed by atoms with Gasteiger partial charge in [0.2, 0.25) is 21.8 Å². The van der Waals surface area contributed by atoms with Gasteiger partial charge in [-0.25, -0.2) is 8.42 Å². The lowest BCUT2D eigenvalue weighted by Gasteiger charge is -2.35. The first-order chi connectivity index (χ1) is 17.1. The highest BCUT2D eigenvalue weighted by Crippen LogP contribution is 2.57. The number of carbonyl (C=O) groups is 2. The lowest BCUT2D eigenvalue weighted by molar-refractivity contribution is -0.129. The molecule has 2 aromatic rings. The van der Waals surface area contributed by atoms with Crippen LogP contribution in [-0.4, -0.2) is 44.0 Å². The van der Waals surface area contributed by atoms with Gasteiger partial charge in [-0.15, -0.1) is 0 Å². The number of rotatable bonds is 6. The van der Waals surface area contributed by atoms with E-state index in [0.29, 0.717) is 30.6 Å². The number of likely N-dealkylation sites (N-methyl/N-ethyl adjacent to an activating group) is 1. The third-order valence-corrected chi connectivity index (χ3v) is 9.85. The van der Waals surface area contributed by atoms with Crippen molar-refractivity contribution in [2.75, 3.05) is 23.2 Å². The number of nitrogens with one attached hydrogen (secondary N) is 1. The number of anilines is 2. The van der Waals surface area contributed by atoms with Crippen LogP contribution in [0.1, 0.15) is 69.5 Å². The highest BCUT2D eigenvalue weighted by molar-refractivity contribution is 7.93. The Labute approximate surface area is 213 Å². The van der Waals surface area contributed by atoms with E-state index < -0.39 is 26.7 Å². The Morgan fingerprint density at radius 1 is 1.03 bits per heavy atom. The van der Waals surface area contributed by atoms with Gasteiger partial charge < -0.3 is 9.80 Å². The van der Waals surface area contributed by atoms with E-state index in [9.17, 15) is 18.0 Å². The van der Waals surface area contributed by atoms with E-state index in [1.807, 2.05) is 35.2 Å². The first kappa shape index (κ1) is 24.8. The molecule has 5 rings (SSSR count). The van der Waals surface area contributed by atoms with E-state index in [-0.39, 0.29) is 24.2 Å². The van der Waals surface area contributed by atoms with E-state index in [2.05, 4.69) is 18.6 Å². The van der Waals surface area contributed by atoms with Crippen molar-refractivity contribution >= 4 is 33.2 Å². The van der Waals surface area contributed by atoms with Crippen molar-refractivity contribution in [1.29, 1.82) is 0 Å². The average molecular weight is 510 g/mol. The summed E-state index contributed by atoms with van der Waals surface area (Å²) in [6.45, 7) is 4.67. The Balaban J connectivity index is 1.61. The summed E-state index contributed by atoms with van der Waals surface area (Å²) >= 11 is 0. The third-order valence-electron chi connectivity index (χ3n) is 7.98. The fraction of sp³-hybridized carbons (Fsp3) is 0.500.